The minimum atomic E-state index is -2.97. The van der Waals surface area contributed by atoms with Crippen LogP contribution in [0, 0.1) is 6.92 Å². The first kappa shape index (κ1) is 10.5. The van der Waals surface area contributed by atoms with Crippen molar-refractivity contribution in [2.75, 3.05) is 6.26 Å². The molecule has 4 heteroatoms. The Morgan fingerprint density at radius 1 is 1.31 bits per heavy atom. The molecular weight excluding hydrogens is 208 g/mol. The lowest BCUT2D eigenvalue weighted by atomic mass is 10.2. The van der Waals surface area contributed by atoms with Crippen LogP contribution in [0.2, 0.25) is 5.02 Å². The van der Waals surface area contributed by atoms with Crippen LogP contribution in [0.1, 0.15) is 11.1 Å². The van der Waals surface area contributed by atoms with Crippen LogP contribution >= 0.6 is 11.6 Å². The molecule has 0 aromatic heterocycles. The lowest BCUT2D eigenvalue weighted by molar-refractivity contribution is 0.601. The van der Waals surface area contributed by atoms with Gasteiger partial charge in [-0.2, -0.15) is 0 Å². The molecule has 0 saturated heterocycles. The monoisotopic (exact) mass is 218 g/mol. The van der Waals surface area contributed by atoms with Gasteiger partial charge in [0.2, 0.25) is 0 Å². The molecule has 0 radical (unpaired) electrons. The number of aryl methyl sites for hydroxylation is 1. The standard InChI is InChI=1S/C9H11ClO2S/c1-7-3-8(5-9(10)4-7)6-13(2,11)12/h3-5H,6H2,1-2H3. The van der Waals surface area contributed by atoms with E-state index in [1.165, 1.54) is 6.26 Å². The van der Waals surface area contributed by atoms with Crippen molar-refractivity contribution >= 4 is 21.4 Å². The second-order valence-electron chi connectivity index (χ2n) is 3.21. The SMILES string of the molecule is Cc1cc(Cl)cc(CS(C)(=O)=O)c1. The van der Waals surface area contributed by atoms with E-state index in [-0.39, 0.29) is 5.75 Å². The average molecular weight is 219 g/mol. The van der Waals surface area contributed by atoms with Gasteiger partial charge in [0, 0.05) is 11.3 Å². The minimum absolute atomic E-state index is 0.0500. The molecule has 0 bridgehead atoms. The Bertz CT molecular complexity index is 389. The molecule has 0 fully saturated rings. The third kappa shape index (κ3) is 3.79. The van der Waals surface area contributed by atoms with Gasteiger partial charge < -0.3 is 0 Å². The second-order valence-corrected chi connectivity index (χ2v) is 5.78. The summed E-state index contributed by atoms with van der Waals surface area (Å²) in [5.74, 6) is 0.0500. The number of rotatable bonds is 2. The Labute approximate surface area is 83.5 Å². The number of benzene rings is 1. The molecule has 13 heavy (non-hydrogen) atoms. The van der Waals surface area contributed by atoms with Gasteiger partial charge in [0.15, 0.2) is 9.84 Å². The molecule has 0 unspecified atom stereocenters. The van der Waals surface area contributed by atoms with E-state index in [4.69, 9.17) is 11.6 Å². The zero-order valence-electron chi connectivity index (χ0n) is 7.54. The van der Waals surface area contributed by atoms with E-state index in [1.54, 1.807) is 12.1 Å². The van der Waals surface area contributed by atoms with Crippen LogP contribution in [0.3, 0.4) is 0 Å². The summed E-state index contributed by atoms with van der Waals surface area (Å²) >= 11 is 5.78. The maximum absolute atomic E-state index is 11.0. The third-order valence-electron chi connectivity index (χ3n) is 1.53. The van der Waals surface area contributed by atoms with Crippen molar-refractivity contribution in [2.45, 2.75) is 12.7 Å². The molecule has 1 aromatic carbocycles. The quantitative estimate of drug-likeness (QED) is 0.763. The lowest BCUT2D eigenvalue weighted by Crippen LogP contribution is -2.00. The first-order chi connectivity index (χ1) is 5.87. The van der Waals surface area contributed by atoms with Crippen molar-refractivity contribution in [1.29, 1.82) is 0 Å². The molecule has 0 aliphatic carbocycles. The highest BCUT2D eigenvalue weighted by atomic mass is 35.5. The molecule has 2 nitrogen and oxygen atoms in total. The smallest absolute Gasteiger partial charge is 0.151 e. The molecule has 0 aliphatic heterocycles. The van der Waals surface area contributed by atoms with E-state index in [1.807, 2.05) is 13.0 Å². The first-order valence-corrected chi connectivity index (χ1v) is 6.24. The Balaban J connectivity index is 3.03. The molecule has 0 N–H and O–H groups in total. The topological polar surface area (TPSA) is 34.1 Å². The van der Waals surface area contributed by atoms with Gasteiger partial charge >= 0.3 is 0 Å². The largest absolute Gasteiger partial charge is 0.229 e. The van der Waals surface area contributed by atoms with Crippen molar-refractivity contribution in [2.24, 2.45) is 0 Å². The summed E-state index contributed by atoms with van der Waals surface area (Å²) in [6.45, 7) is 1.89. The van der Waals surface area contributed by atoms with Gasteiger partial charge in [-0.3, -0.25) is 0 Å². The fraction of sp³-hybridized carbons (Fsp3) is 0.333. The average Bonchev–Trinajstić information content (AvgIpc) is 1.78. The van der Waals surface area contributed by atoms with Crippen LogP contribution in [-0.2, 0) is 15.6 Å². The van der Waals surface area contributed by atoms with Gasteiger partial charge in [-0.05, 0) is 30.2 Å². The predicted molar refractivity (Wildman–Crippen MR) is 54.7 cm³/mol. The molecule has 1 aromatic rings. The second kappa shape index (κ2) is 3.68. The molecule has 0 heterocycles. The number of halogens is 1. The summed E-state index contributed by atoms with van der Waals surface area (Å²) in [7, 11) is -2.97. The van der Waals surface area contributed by atoms with Crippen LogP contribution in [-0.4, -0.2) is 14.7 Å². The molecule has 72 valence electrons. The van der Waals surface area contributed by atoms with Crippen molar-refractivity contribution in [3.05, 3.63) is 34.3 Å². The fourth-order valence-electron chi connectivity index (χ4n) is 1.20. The molecule has 0 saturated carbocycles. The summed E-state index contributed by atoms with van der Waals surface area (Å²) in [5, 5.41) is 0.582. The number of hydrogen-bond donors (Lipinski definition) is 0. The summed E-state index contributed by atoms with van der Waals surface area (Å²) in [6, 6.07) is 5.30. The van der Waals surface area contributed by atoms with Gasteiger partial charge in [0.25, 0.3) is 0 Å². The highest BCUT2D eigenvalue weighted by Gasteiger charge is 2.05. The molecule has 1 rings (SSSR count). The summed E-state index contributed by atoms with van der Waals surface area (Å²) in [4.78, 5) is 0. The Hall–Kier alpha value is -0.540. The van der Waals surface area contributed by atoms with E-state index >= 15 is 0 Å². The van der Waals surface area contributed by atoms with Gasteiger partial charge in [-0.25, -0.2) is 8.42 Å². The minimum Gasteiger partial charge on any atom is -0.229 e. The van der Waals surface area contributed by atoms with E-state index in [9.17, 15) is 8.42 Å². The van der Waals surface area contributed by atoms with Gasteiger partial charge in [0.1, 0.15) is 0 Å². The lowest BCUT2D eigenvalue weighted by Gasteiger charge is -2.01. The molecule has 0 atom stereocenters. The molecular formula is C9H11ClO2S. The van der Waals surface area contributed by atoms with Crippen molar-refractivity contribution in [3.63, 3.8) is 0 Å². The normalized spacial score (nSPS) is 11.6. The van der Waals surface area contributed by atoms with Gasteiger partial charge in [-0.15, -0.1) is 0 Å². The van der Waals surface area contributed by atoms with Crippen LogP contribution < -0.4 is 0 Å². The van der Waals surface area contributed by atoms with Gasteiger partial charge in [0.05, 0.1) is 5.75 Å². The Kier molecular flexibility index (Phi) is 2.98. The Morgan fingerprint density at radius 2 is 1.92 bits per heavy atom. The molecule has 0 amide bonds. The maximum Gasteiger partial charge on any atom is 0.151 e. The highest BCUT2D eigenvalue weighted by Crippen LogP contribution is 2.16. The zero-order chi connectivity index (χ0) is 10.1. The summed E-state index contributed by atoms with van der Waals surface area (Å²) in [6.07, 6.45) is 1.21. The van der Waals surface area contributed by atoms with Crippen molar-refractivity contribution in [3.8, 4) is 0 Å². The van der Waals surface area contributed by atoms with Crippen LogP contribution in [0.5, 0.6) is 0 Å². The third-order valence-corrected chi connectivity index (χ3v) is 2.61. The van der Waals surface area contributed by atoms with E-state index in [2.05, 4.69) is 0 Å². The predicted octanol–water partition coefficient (Wildman–Crippen LogP) is 2.19. The van der Waals surface area contributed by atoms with Crippen molar-refractivity contribution < 1.29 is 8.42 Å². The number of hydrogen-bond acceptors (Lipinski definition) is 2. The first-order valence-electron chi connectivity index (χ1n) is 3.80. The van der Waals surface area contributed by atoms with E-state index in [0.717, 1.165) is 11.1 Å². The molecule has 0 aliphatic rings. The van der Waals surface area contributed by atoms with Crippen LogP contribution in [0.25, 0.3) is 0 Å². The fourth-order valence-corrected chi connectivity index (χ4v) is 2.28. The number of sulfone groups is 1. The van der Waals surface area contributed by atoms with Crippen LogP contribution in [0.4, 0.5) is 0 Å². The van der Waals surface area contributed by atoms with E-state index < -0.39 is 9.84 Å². The molecule has 0 spiro atoms. The highest BCUT2D eigenvalue weighted by molar-refractivity contribution is 7.89. The summed E-state index contributed by atoms with van der Waals surface area (Å²) < 4.78 is 22.0. The Morgan fingerprint density at radius 3 is 2.38 bits per heavy atom. The van der Waals surface area contributed by atoms with Gasteiger partial charge in [-0.1, -0.05) is 17.7 Å². The van der Waals surface area contributed by atoms with Crippen molar-refractivity contribution in [1.82, 2.24) is 0 Å². The summed E-state index contributed by atoms with van der Waals surface area (Å²) in [5.41, 5.74) is 1.72. The maximum atomic E-state index is 11.0. The van der Waals surface area contributed by atoms with Crippen LogP contribution in [0.15, 0.2) is 18.2 Å². The van der Waals surface area contributed by atoms with E-state index in [0.29, 0.717) is 5.02 Å². The zero-order valence-corrected chi connectivity index (χ0v) is 9.11.